The normalized spacial score (nSPS) is 15.1. The Morgan fingerprint density at radius 3 is 2.42 bits per heavy atom. The van der Waals surface area contributed by atoms with E-state index in [1.807, 2.05) is 0 Å². The number of fused-ring (bicyclic) bond motifs is 2. The molecule has 12 heteroatoms. The molecule has 1 N–H and O–H groups in total. The second-order valence-corrected chi connectivity index (χ2v) is 9.83. The Kier molecular flexibility index (Phi) is 5.72. The van der Waals surface area contributed by atoms with Gasteiger partial charge in [-0.05, 0) is 48.5 Å². The van der Waals surface area contributed by atoms with Crippen molar-refractivity contribution in [3.63, 3.8) is 0 Å². The van der Waals surface area contributed by atoms with Crippen molar-refractivity contribution in [1.82, 2.24) is 19.3 Å². The maximum absolute atomic E-state index is 13.7. The van der Waals surface area contributed by atoms with Gasteiger partial charge in [0.1, 0.15) is 10.4 Å². The lowest BCUT2D eigenvalue weighted by atomic mass is 10.1. The molecule has 2 heterocycles. The number of amidine groups is 1. The molecule has 0 saturated heterocycles. The Balaban J connectivity index is 1.62. The van der Waals surface area contributed by atoms with Crippen molar-refractivity contribution in [2.45, 2.75) is 10.9 Å². The van der Waals surface area contributed by atoms with E-state index in [1.54, 1.807) is 54.6 Å². The van der Waals surface area contributed by atoms with Crippen LogP contribution in [0.25, 0.3) is 11.0 Å². The van der Waals surface area contributed by atoms with E-state index in [1.165, 1.54) is 37.0 Å². The average molecular weight is 505 g/mol. The number of sulfonamides is 1. The lowest BCUT2D eigenvalue weighted by Gasteiger charge is -2.30. The smallest absolute Gasteiger partial charge is 0.337 e. The molecule has 0 saturated carbocycles. The van der Waals surface area contributed by atoms with Crippen LogP contribution in [0.1, 0.15) is 16.4 Å². The monoisotopic (exact) mass is 504 g/mol. The molecule has 3 aromatic carbocycles. The minimum absolute atomic E-state index is 0.0391. The Morgan fingerprint density at radius 1 is 0.972 bits per heavy atom. The van der Waals surface area contributed by atoms with Gasteiger partial charge in [0.05, 0.1) is 23.9 Å². The zero-order valence-corrected chi connectivity index (χ0v) is 20.0. The summed E-state index contributed by atoms with van der Waals surface area (Å²) < 4.78 is 33.6. The molecule has 1 aromatic heterocycles. The van der Waals surface area contributed by atoms with Gasteiger partial charge < -0.3 is 10.1 Å². The molecule has 1 aliphatic heterocycles. The summed E-state index contributed by atoms with van der Waals surface area (Å²) in [4.78, 5) is 30.0. The van der Waals surface area contributed by atoms with Gasteiger partial charge in [0.15, 0.2) is 11.9 Å². The number of carbonyl (C=O) groups is 2. The van der Waals surface area contributed by atoms with E-state index in [-0.39, 0.29) is 16.4 Å². The topological polar surface area (TPSA) is 136 Å². The molecular weight excluding hydrogens is 484 g/mol. The average Bonchev–Trinajstić information content (AvgIpc) is 3.31. The van der Waals surface area contributed by atoms with E-state index in [2.05, 4.69) is 20.6 Å². The van der Waals surface area contributed by atoms with Crippen molar-refractivity contribution in [1.29, 1.82) is 0 Å². The number of aromatic nitrogens is 3. The molecule has 1 atom stereocenters. The number of hydrogen-bond donors (Lipinski definition) is 1. The number of rotatable bonds is 5. The SMILES string of the molecule is COC(=O)c1ccc(NC(=O)C(C2=Nc3ccccc3S(=O)(=O)N2C)n2nnc3ccccc32)cc1. The third-order valence-corrected chi connectivity index (χ3v) is 7.56. The molecule has 0 aliphatic carbocycles. The first kappa shape index (κ1) is 23.2. The second-order valence-electron chi connectivity index (χ2n) is 7.89. The minimum atomic E-state index is -3.97. The summed E-state index contributed by atoms with van der Waals surface area (Å²) in [5, 5.41) is 11.1. The third-order valence-electron chi connectivity index (χ3n) is 5.75. The van der Waals surface area contributed by atoms with Crippen LogP contribution in [0.4, 0.5) is 11.4 Å². The number of amides is 1. The highest BCUT2D eigenvalue weighted by Gasteiger charge is 2.40. The summed E-state index contributed by atoms with van der Waals surface area (Å²) in [6, 6.07) is 18.1. The van der Waals surface area contributed by atoms with Crippen LogP contribution >= 0.6 is 0 Å². The van der Waals surface area contributed by atoms with Gasteiger partial charge in [0.2, 0.25) is 0 Å². The van der Waals surface area contributed by atoms with Gasteiger partial charge in [-0.3, -0.25) is 9.10 Å². The van der Waals surface area contributed by atoms with E-state index >= 15 is 0 Å². The van der Waals surface area contributed by atoms with Crippen LogP contribution in [0.2, 0.25) is 0 Å². The van der Waals surface area contributed by atoms with E-state index in [0.29, 0.717) is 22.3 Å². The molecule has 1 unspecified atom stereocenters. The Hall–Kier alpha value is -4.58. The fourth-order valence-electron chi connectivity index (χ4n) is 3.90. The Labute approximate surface area is 206 Å². The van der Waals surface area contributed by atoms with Crippen molar-refractivity contribution in [3.05, 3.63) is 78.4 Å². The highest BCUT2D eigenvalue weighted by atomic mass is 32.2. The number of anilines is 1. The summed E-state index contributed by atoms with van der Waals surface area (Å²) in [6.07, 6.45) is 0. The number of carbonyl (C=O) groups excluding carboxylic acids is 2. The second kappa shape index (κ2) is 8.89. The van der Waals surface area contributed by atoms with Gasteiger partial charge in [0.25, 0.3) is 15.9 Å². The molecule has 11 nitrogen and oxygen atoms in total. The maximum Gasteiger partial charge on any atom is 0.337 e. The Bertz CT molecular complexity index is 1630. The first-order valence-corrected chi connectivity index (χ1v) is 12.2. The maximum atomic E-state index is 13.7. The largest absolute Gasteiger partial charge is 0.465 e. The number of hydrogen-bond acceptors (Lipinski definition) is 8. The number of benzene rings is 3. The van der Waals surface area contributed by atoms with Gasteiger partial charge in [-0.25, -0.2) is 22.9 Å². The number of ether oxygens (including phenoxy) is 1. The van der Waals surface area contributed by atoms with Crippen LogP contribution in [0.3, 0.4) is 0 Å². The van der Waals surface area contributed by atoms with Crippen LogP contribution in [-0.4, -0.2) is 59.6 Å². The van der Waals surface area contributed by atoms with Gasteiger partial charge in [-0.1, -0.05) is 29.5 Å². The van der Waals surface area contributed by atoms with Crippen LogP contribution < -0.4 is 5.32 Å². The van der Waals surface area contributed by atoms with Crippen LogP contribution in [0, 0.1) is 0 Å². The van der Waals surface area contributed by atoms with Crippen molar-refractivity contribution in [2.24, 2.45) is 4.99 Å². The predicted molar refractivity (Wildman–Crippen MR) is 131 cm³/mol. The van der Waals surface area contributed by atoms with Crippen molar-refractivity contribution in [2.75, 3.05) is 19.5 Å². The third kappa shape index (κ3) is 3.86. The van der Waals surface area contributed by atoms with E-state index in [0.717, 1.165) is 4.31 Å². The molecule has 1 amide bonds. The summed E-state index contributed by atoms with van der Waals surface area (Å²) >= 11 is 0. The number of nitrogens with zero attached hydrogens (tertiary/aromatic N) is 5. The summed E-state index contributed by atoms with van der Waals surface area (Å²) in [5.41, 5.74) is 1.96. The van der Waals surface area contributed by atoms with Crippen molar-refractivity contribution in [3.8, 4) is 0 Å². The first-order valence-electron chi connectivity index (χ1n) is 10.8. The molecule has 0 fully saturated rings. The molecule has 1 aliphatic rings. The van der Waals surface area contributed by atoms with Gasteiger partial charge in [-0.2, -0.15) is 0 Å². The first-order chi connectivity index (χ1) is 17.3. The highest BCUT2D eigenvalue weighted by Crippen LogP contribution is 2.34. The number of esters is 1. The fourth-order valence-corrected chi connectivity index (χ4v) is 5.21. The van der Waals surface area contributed by atoms with E-state index < -0.39 is 27.9 Å². The molecule has 4 aromatic rings. The van der Waals surface area contributed by atoms with Gasteiger partial charge >= 0.3 is 5.97 Å². The minimum Gasteiger partial charge on any atom is -0.465 e. The zero-order valence-electron chi connectivity index (χ0n) is 19.2. The van der Waals surface area contributed by atoms with Crippen molar-refractivity contribution >= 4 is 50.1 Å². The highest BCUT2D eigenvalue weighted by molar-refractivity contribution is 7.90. The number of aliphatic imine (C=N–C) groups is 1. The number of para-hydroxylation sites is 2. The van der Waals surface area contributed by atoms with Gasteiger partial charge in [0, 0.05) is 12.7 Å². The molecule has 36 heavy (non-hydrogen) atoms. The number of methoxy groups -OCH3 is 1. The standard InChI is InChI=1S/C24H20N6O5S/c1-29-22(26-18-8-4-6-10-20(18)36(29,33)34)21(30-19-9-5-3-7-17(19)27-28-30)23(31)25-16-13-11-15(12-14-16)24(32)35-2/h3-14,21H,1-2H3,(H,25,31). The van der Waals surface area contributed by atoms with Gasteiger partial charge in [-0.15, -0.1) is 5.10 Å². The number of likely N-dealkylation sites (N-methyl/N-ethyl adjacent to an activating group) is 1. The predicted octanol–water partition coefficient (Wildman–Crippen LogP) is 2.76. The quantitative estimate of drug-likeness (QED) is 0.413. The van der Waals surface area contributed by atoms with Crippen molar-refractivity contribution < 1.29 is 22.7 Å². The Morgan fingerprint density at radius 2 is 1.67 bits per heavy atom. The molecule has 0 bridgehead atoms. The van der Waals surface area contributed by atoms with E-state index in [9.17, 15) is 18.0 Å². The molecular formula is C24H20N6O5S. The van der Waals surface area contributed by atoms with E-state index in [4.69, 9.17) is 4.74 Å². The number of nitrogens with one attached hydrogen (secondary N) is 1. The molecule has 0 spiro atoms. The van der Waals surface area contributed by atoms with Crippen LogP contribution in [0.15, 0.2) is 82.7 Å². The fraction of sp³-hybridized carbons (Fsp3) is 0.125. The zero-order chi connectivity index (χ0) is 25.4. The molecule has 5 rings (SSSR count). The summed E-state index contributed by atoms with van der Waals surface area (Å²) in [7, 11) is -1.36. The molecule has 182 valence electrons. The lowest BCUT2D eigenvalue weighted by molar-refractivity contribution is -0.117. The summed E-state index contributed by atoms with van der Waals surface area (Å²) in [5.74, 6) is -1.16. The molecule has 0 radical (unpaired) electrons. The van der Waals surface area contributed by atoms with Crippen LogP contribution in [0.5, 0.6) is 0 Å². The van der Waals surface area contributed by atoms with Crippen LogP contribution in [-0.2, 0) is 19.6 Å². The lowest BCUT2D eigenvalue weighted by Crippen LogP contribution is -2.45. The summed E-state index contributed by atoms with van der Waals surface area (Å²) in [6.45, 7) is 0.